The predicted molar refractivity (Wildman–Crippen MR) is 66.4 cm³/mol. The number of hydrazine groups is 1. The van der Waals surface area contributed by atoms with E-state index < -0.39 is 5.91 Å². The number of hydrogen-bond donors (Lipinski definition) is 3. The summed E-state index contributed by atoms with van der Waals surface area (Å²) in [5, 5.41) is 8.99. The number of methoxy groups -OCH3 is 1. The van der Waals surface area contributed by atoms with Gasteiger partial charge >= 0.3 is 0 Å². The fourth-order valence-corrected chi connectivity index (χ4v) is 1.27. The van der Waals surface area contributed by atoms with E-state index in [2.05, 4.69) is 10.9 Å². The SMILES string of the molecule is COc1cc(CO)ccc1OCC(=O)NNC(C)=O. The Labute approximate surface area is 110 Å². The number of benzene rings is 1. The highest BCUT2D eigenvalue weighted by Crippen LogP contribution is 2.27. The van der Waals surface area contributed by atoms with Gasteiger partial charge in [-0.1, -0.05) is 6.07 Å². The maximum absolute atomic E-state index is 11.3. The molecule has 104 valence electrons. The lowest BCUT2D eigenvalue weighted by Gasteiger charge is -2.11. The summed E-state index contributed by atoms with van der Waals surface area (Å²) >= 11 is 0. The van der Waals surface area contributed by atoms with Crippen molar-refractivity contribution in [1.29, 1.82) is 0 Å². The van der Waals surface area contributed by atoms with Crippen LogP contribution in [-0.4, -0.2) is 30.6 Å². The van der Waals surface area contributed by atoms with Crippen molar-refractivity contribution in [3.05, 3.63) is 23.8 Å². The van der Waals surface area contributed by atoms with Crippen LogP contribution >= 0.6 is 0 Å². The molecule has 7 heteroatoms. The largest absolute Gasteiger partial charge is 0.493 e. The fraction of sp³-hybridized carbons (Fsp3) is 0.333. The number of aliphatic hydroxyl groups excluding tert-OH is 1. The number of ether oxygens (including phenoxy) is 2. The fourth-order valence-electron chi connectivity index (χ4n) is 1.27. The van der Waals surface area contributed by atoms with Crippen LogP contribution in [0.5, 0.6) is 11.5 Å². The number of aliphatic hydroxyl groups is 1. The van der Waals surface area contributed by atoms with Crippen molar-refractivity contribution < 1.29 is 24.2 Å². The molecule has 0 atom stereocenters. The lowest BCUT2D eigenvalue weighted by atomic mass is 10.2. The molecule has 0 bridgehead atoms. The number of carbonyl (C=O) groups is 2. The second-order valence-electron chi connectivity index (χ2n) is 3.66. The highest BCUT2D eigenvalue weighted by atomic mass is 16.5. The van der Waals surface area contributed by atoms with Gasteiger partial charge in [0.1, 0.15) is 0 Å². The molecule has 3 N–H and O–H groups in total. The maximum Gasteiger partial charge on any atom is 0.276 e. The summed E-state index contributed by atoms with van der Waals surface area (Å²) in [4.78, 5) is 21.9. The van der Waals surface area contributed by atoms with E-state index in [0.717, 1.165) is 0 Å². The lowest BCUT2D eigenvalue weighted by molar-refractivity contribution is -0.129. The van der Waals surface area contributed by atoms with Crippen LogP contribution in [0.4, 0.5) is 0 Å². The molecule has 0 saturated heterocycles. The van der Waals surface area contributed by atoms with Gasteiger partial charge in [-0.05, 0) is 17.7 Å². The Kier molecular flexibility index (Phi) is 5.62. The Morgan fingerprint density at radius 1 is 1.26 bits per heavy atom. The number of hydrogen-bond acceptors (Lipinski definition) is 5. The quantitative estimate of drug-likeness (QED) is 0.639. The zero-order valence-electron chi connectivity index (χ0n) is 10.7. The topological polar surface area (TPSA) is 96.9 Å². The highest BCUT2D eigenvalue weighted by molar-refractivity contribution is 5.81. The van der Waals surface area contributed by atoms with Crippen molar-refractivity contribution in [2.75, 3.05) is 13.7 Å². The van der Waals surface area contributed by atoms with Crippen LogP contribution in [0.2, 0.25) is 0 Å². The molecule has 1 aromatic rings. The van der Waals surface area contributed by atoms with E-state index in [4.69, 9.17) is 14.6 Å². The lowest BCUT2D eigenvalue weighted by Crippen LogP contribution is -2.42. The first-order valence-electron chi connectivity index (χ1n) is 5.52. The van der Waals surface area contributed by atoms with Gasteiger partial charge in [-0.15, -0.1) is 0 Å². The average Bonchev–Trinajstić information content (AvgIpc) is 2.42. The summed E-state index contributed by atoms with van der Waals surface area (Å²) in [6, 6.07) is 4.86. The van der Waals surface area contributed by atoms with Crippen LogP contribution in [0.15, 0.2) is 18.2 Å². The van der Waals surface area contributed by atoms with Gasteiger partial charge in [0.15, 0.2) is 18.1 Å². The third kappa shape index (κ3) is 4.84. The smallest absolute Gasteiger partial charge is 0.276 e. The summed E-state index contributed by atoms with van der Waals surface area (Å²) in [5.74, 6) is -0.0849. The molecule has 0 spiro atoms. The molecule has 7 nitrogen and oxygen atoms in total. The van der Waals surface area contributed by atoms with Crippen molar-refractivity contribution in [2.45, 2.75) is 13.5 Å². The van der Waals surface area contributed by atoms with Crippen molar-refractivity contribution in [3.63, 3.8) is 0 Å². The first kappa shape index (κ1) is 14.8. The van der Waals surface area contributed by atoms with Gasteiger partial charge in [-0.25, -0.2) is 0 Å². The van der Waals surface area contributed by atoms with Gasteiger partial charge in [0.25, 0.3) is 5.91 Å². The minimum atomic E-state index is -0.497. The molecular weight excluding hydrogens is 252 g/mol. The molecule has 1 rings (SSSR count). The summed E-state index contributed by atoms with van der Waals surface area (Å²) < 4.78 is 10.3. The van der Waals surface area contributed by atoms with Gasteiger partial charge in [-0.2, -0.15) is 0 Å². The zero-order chi connectivity index (χ0) is 14.3. The Morgan fingerprint density at radius 3 is 2.58 bits per heavy atom. The standard InChI is InChI=1S/C12H16N2O5/c1-8(16)13-14-12(17)7-19-10-4-3-9(6-15)5-11(10)18-2/h3-5,15H,6-7H2,1-2H3,(H,13,16)(H,14,17). The molecule has 0 aromatic heterocycles. The predicted octanol–water partition coefficient (Wildman–Crippen LogP) is -0.266. The van der Waals surface area contributed by atoms with Crippen LogP contribution in [-0.2, 0) is 16.2 Å². The molecule has 1 aromatic carbocycles. The third-order valence-electron chi connectivity index (χ3n) is 2.15. The Bertz CT molecular complexity index is 461. The summed E-state index contributed by atoms with van der Waals surface area (Å²) in [5.41, 5.74) is 4.99. The monoisotopic (exact) mass is 268 g/mol. The second-order valence-corrected chi connectivity index (χ2v) is 3.66. The average molecular weight is 268 g/mol. The molecule has 19 heavy (non-hydrogen) atoms. The van der Waals surface area contributed by atoms with Crippen LogP contribution < -0.4 is 20.3 Å². The van der Waals surface area contributed by atoms with Crippen LogP contribution in [0, 0.1) is 0 Å². The van der Waals surface area contributed by atoms with Crippen LogP contribution in [0.1, 0.15) is 12.5 Å². The van der Waals surface area contributed by atoms with Crippen molar-refractivity contribution in [1.82, 2.24) is 10.9 Å². The maximum atomic E-state index is 11.3. The van der Waals surface area contributed by atoms with Crippen molar-refractivity contribution in [3.8, 4) is 11.5 Å². The number of rotatable bonds is 5. The molecule has 2 amide bonds. The van der Waals surface area contributed by atoms with E-state index in [1.54, 1.807) is 18.2 Å². The molecule has 0 saturated carbocycles. The van der Waals surface area contributed by atoms with Gasteiger partial charge in [-0.3, -0.25) is 20.4 Å². The Hall–Kier alpha value is -2.28. The minimum absolute atomic E-state index is 0.111. The number of amides is 2. The van der Waals surface area contributed by atoms with Crippen molar-refractivity contribution in [2.24, 2.45) is 0 Å². The van der Waals surface area contributed by atoms with Crippen molar-refractivity contribution >= 4 is 11.8 Å². The van der Waals surface area contributed by atoms with Gasteiger partial charge in [0.05, 0.1) is 13.7 Å². The van der Waals surface area contributed by atoms with E-state index in [-0.39, 0.29) is 19.1 Å². The Balaban J connectivity index is 2.57. The number of nitrogens with one attached hydrogen (secondary N) is 2. The summed E-state index contributed by atoms with van der Waals surface area (Å²) in [7, 11) is 1.46. The van der Waals surface area contributed by atoms with E-state index in [1.165, 1.54) is 14.0 Å². The molecular formula is C12H16N2O5. The van der Waals surface area contributed by atoms with Gasteiger partial charge in [0, 0.05) is 6.92 Å². The molecule has 0 radical (unpaired) electrons. The van der Waals surface area contributed by atoms with Gasteiger partial charge in [0.2, 0.25) is 5.91 Å². The first-order valence-corrected chi connectivity index (χ1v) is 5.52. The Morgan fingerprint density at radius 2 is 2.00 bits per heavy atom. The molecule has 0 fully saturated rings. The zero-order valence-corrected chi connectivity index (χ0v) is 10.7. The first-order chi connectivity index (χ1) is 9.06. The molecule has 0 aliphatic carbocycles. The molecule has 0 aliphatic rings. The van der Waals surface area contributed by atoms with Crippen LogP contribution in [0.3, 0.4) is 0 Å². The second kappa shape index (κ2) is 7.22. The normalized spacial score (nSPS) is 9.63. The van der Waals surface area contributed by atoms with E-state index in [1.807, 2.05) is 0 Å². The van der Waals surface area contributed by atoms with E-state index >= 15 is 0 Å². The van der Waals surface area contributed by atoms with Gasteiger partial charge < -0.3 is 14.6 Å². The summed E-state index contributed by atoms with van der Waals surface area (Å²) in [6.45, 7) is 0.895. The summed E-state index contributed by atoms with van der Waals surface area (Å²) in [6.07, 6.45) is 0. The molecule has 0 unspecified atom stereocenters. The van der Waals surface area contributed by atoms with E-state index in [0.29, 0.717) is 17.1 Å². The van der Waals surface area contributed by atoms with Crippen LogP contribution in [0.25, 0.3) is 0 Å². The molecule has 0 heterocycles. The molecule has 0 aliphatic heterocycles. The third-order valence-corrected chi connectivity index (χ3v) is 2.15. The number of carbonyl (C=O) groups excluding carboxylic acids is 2. The minimum Gasteiger partial charge on any atom is -0.493 e. The van der Waals surface area contributed by atoms with E-state index in [9.17, 15) is 9.59 Å². The highest BCUT2D eigenvalue weighted by Gasteiger charge is 2.08.